The predicted octanol–water partition coefficient (Wildman–Crippen LogP) is 6.36. The Hall–Kier alpha value is -1.14. The molecule has 6 heteroatoms. The van der Waals surface area contributed by atoms with Crippen molar-refractivity contribution in [2.45, 2.75) is 142 Å². The third kappa shape index (κ3) is 4.80. The number of rotatable bonds is 4. The van der Waals surface area contributed by atoms with Crippen LogP contribution in [0.15, 0.2) is 0 Å². The first-order valence-corrected chi connectivity index (χ1v) is 17.3. The van der Waals surface area contributed by atoms with Crippen molar-refractivity contribution in [2.75, 3.05) is 33.2 Å². The molecule has 232 valence electrons. The molecule has 4 aliphatic carbocycles. The molecule has 0 bridgehead atoms. The standard InChI is InChI=1S/C35H59N2O4/c1-24(38)40-31-21-26-13-14-28-27(33(26,3)22-29(31)36-17-9-7-10-18-36)15-16-34(4)32(41-25(2)39)30(23-35(28,34)5)37(6)19-11-8-12-20-37/h26-32H,7-23H2,1-6H3/q+1/t26-,27-,28+,29-,30-,31-,32-,33-,34+,35-/m0/s1. The van der Waals surface area contributed by atoms with E-state index in [-0.39, 0.29) is 40.4 Å². The van der Waals surface area contributed by atoms with Gasteiger partial charge in [0, 0.05) is 31.7 Å². The van der Waals surface area contributed by atoms with Crippen LogP contribution in [0.2, 0.25) is 0 Å². The summed E-state index contributed by atoms with van der Waals surface area (Å²) in [6.07, 6.45) is 16.1. The number of hydrogen-bond acceptors (Lipinski definition) is 5. The number of esters is 2. The van der Waals surface area contributed by atoms with E-state index in [1.807, 2.05) is 0 Å². The number of hydrogen-bond donors (Lipinski definition) is 0. The van der Waals surface area contributed by atoms with Gasteiger partial charge < -0.3 is 14.0 Å². The van der Waals surface area contributed by atoms with E-state index in [0.717, 1.165) is 36.8 Å². The highest BCUT2D eigenvalue weighted by molar-refractivity contribution is 5.66. The lowest BCUT2D eigenvalue weighted by molar-refractivity contribution is -0.940. The molecular weight excluding hydrogens is 512 g/mol. The predicted molar refractivity (Wildman–Crippen MR) is 161 cm³/mol. The van der Waals surface area contributed by atoms with E-state index < -0.39 is 0 Å². The van der Waals surface area contributed by atoms with Crippen LogP contribution in [0, 0.1) is 34.0 Å². The smallest absolute Gasteiger partial charge is 0.303 e. The van der Waals surface area contributed by atoms with Gasteiger partial charge in [0.05, 0.1) is 20.1 Å². The molecule has 41 heavy (non-hydrogen) atoms. The highest BCUT2D eigenvalue weighted by Crippen LogP contribution is 2.72. The van der Waals surface area contributed by atoms with Crippen LogP contribution in [-0.4, -0.2) is 78.8 Å². The quantitative estimate of drug-likeness (QED) is 0.291. The van der Waals surface area contributed by atoms with Crippen molar-refractivity contribution in [2.24, 2.45) is 34.0 Å². The van der Waals surface area contributed by atoms with E-state index in [0.29, 0.717) is 29.8 Å². The van der Waals surface area contributed by atoms with Crippen molar-refractivity contribution in [3.8, 4) is 0 Å². The van der Waals surface area contributed by atoms with E-state index in [1.54, 1.807) is 13.8 Å². The molecule has 0 aromatic rings. The molecule has 6 fully saturated rings. The fourth-order valence-corrected chi connectivity index (χ4v) is 12.1. The molecule has 0 aromatic heterocycles. The molecule has 0 spiro atoms. The Kier molecular flexibility index (Phi) is 7.87. The van der Waals surface area contributed by atoms with Crippen LogP contribution in [-0.2, 0) is 19.1 Å². The number of fused-ring (bicyclic) bond motifs is 5. The van der Waals surface area contributed by atoms with Gasteiger partial charge in [0.15, 0.2) is 6.10 Å². The van der Waals surface area contributed by atoms with Crippen LogP contribution < -0.4 is 0 Å². The second kappa shape index (κ2) is 10.8. The lowest BCUT2D eigenvalue weighted by atomic mass is 9.41. The third-order valence-electron chi connectivity index (χ3n) is 14.5. The van der Waals surface area contributed by atoms with Gasteiger partial charge in [-0.15, -0.1) is 0 Å². The van der Waals surface area contributed by atoms with Gasteiger partial charge in [0.1, 0.15) is 12.1 Å². The number of carbonyl (C=O) groups excluding carboxylic acids is 2. The molecule has 2 aliphatic heterocycles. The lowest BCUT2D eigenvalue weighted by Gasteiger charge is -2.65. The summed E-state index contributed by atoms with van der Waals surface area (Å²) in [5.41, 5.74) is 0.457. The Balaban J connectivity index is 1.32. The van der Waals surface area contributed by atoms with Crippen molar-refractivity contribution < 1.29 is 23.5 Å². The summed E-state index contributed by atoms with van der Waals surface area (Å²) in [5.74, 6) is 1.76. The van der Waals surface area contributed by atoms with Gasteiger partial charge in [-0.3, -0.25) is 14.5 Å². The molecule has 10 atom stereocenters. The highest BCUT2D eigenvalue weighted by Gasteiger charge is 2.72. The molecule has 0 N–H and O–H groups in total. The number of nitrogens with zero attached hydrogens (tertiary/aromatic N) is 2. The summed E-state index contributed by atoms with van der Waals surface area (Å²) in [7, 11) is 2.47. The lowest BCUT2D eigenvalue weighted by Crippen LogP contribution is -2.63. The van der Waals surface area contributed by atoms with Gasteiger partial charge in [0.25, 0.3) is 0 Å². The topological polar surface area (TPSA) is 55.8 Å². The maximum absolute atomic E-state index is 12.6. The second-order valence-electron chi connectivity index (χ2n) is 16.4. The largest absolute Gasteiger partial charge is 0.461 e. The van der Waals surface area contributed by atoms with Crippen molar-refractivity contribution in [3.05, 3.63) is 0 Å². The fraction of sp³-hybridized carbons (Fsp3) is 0.943. The molecule has 6 rings (SSSR count). The summed E-state index contributed by atoms with van der Waals surface area (Å²) in [6, 6.07) is 0.752. The van der Waals surface area contributed by atoms with Crippen molar-refractivity contribution >= 4 is 11.9 Å². The average molecular weight is 572 g/mol. The van der Waals surface area contributed by atoms with Crippen molar-refractivity contribution in [3.63, 3.8) is 0 Å². The zero-order chi connectivity index (χ0) is 29.2. The zero-order valence-electron chi connectivity index (χ0n) is 27.1. The number of carbonyl (C=O) groups is 2. The van der Waals surface area contributed by atoms with Crippen molar-refractivity contribution in [1.82, 2.24) is 4.90 Å². The van der Waals surface area contributed by atoms with Crippen LogP contribution in [0.1, 0.15) is 118 Å². The van der Waals surface area contributed by atoms with Crippen molar-refractivity contribution in [1.29, 1.82) is 0 Å². The number of likely N-dealkylation sites (tertiary alicyclic amines) is 2. The molecule has 6 nitrogen and oxygen atoms in total. The monoisotopic (exact) mass is 571 g/mol. The Morgan fingerprint density at radius 2 is 1.44 bits per heavy atom. The van der Waals surface area contributed by atoms with E-state index >= 15 is 0 Å². The first kappa shape index (κ1) is 29.9. The summed E-state index contributed by atoms with van der Waals surface area (Å²) >= 11 is 0. The Morgan fingerprint density at radius 3 is 2.10 bits per heavy atom. The average Bonchev–Trinajstić information content (AvgIpc) is 3.16. The normalized spacial score (nSPS) is 47.9. The molecule has 0 unspecified atom stereocenters. The van der Waals surface area contributed by atoms with E-state index in [1.165, 1.54) is 77.3 Å². The van der Waals surface area contributed by atoms with Crippen LogP contribution in [0.25, 0.3) is 0 Å². The molecular formula is C35H59N2O4+. The maximum Gasteiger partial charge on any atom is 0.303 e. The number of quaternary nitrogens is 1. The first-order chi connectivity index (χ1) is 19.4. The van der Waals surface area contributed by atoms with E-state index in [2.05, 4.69) is 32.7 Å². The third-order valence-corrected chi connectivity index (χ3v) is 14.5. The maximum atomic E-state index is 12.6. The second-order valence-corrected chi connectivity index (χ2v) is 16.4. The van der Waals surface area contributed by atoms with E-state index in [9.17, 15) is 9.59 Å². The summed E-state index contributed by atoms with van der Waals surface area (Å²) in [4.78, 5) is 27.5. The van der Waals surface area contributed by atoms with Gasteiger partial charge in [-0.2, -0.15) is 0 Å². The molecule has 6 aliphatic rings. The number of ether oxygens (including phenoxy) is 2. The van der Waals surface area contributed by atoms with Gasteiger partial charge >= 0.3 is 11.9 Å². The summed E-state index contributed by atoms with van der Waals surface area (Å²) in [6.45, 7) is 15.7. The molecule has 4 saturated carbocycles. The Morgan fingerprint density at radius 1 is 0.780 bits per heavy atom. The minimum absolute atomic E-state index is 0.0142. The van der Waals surface area contributed by atoms with Crippen LogP contribution in [0.5, 0.6) is 0 Å². The number of likely N-dealkylation sites (N-methyl/N-ethyl adjacent to an activating group) is 1. The molecule has 2 heterocycles. The summed E-state index contributed by atoms with van der Waals surface area (Å²) < 4.78 is 13.6. The van der Waals surface area contributed by atoms with Crippen LogP contribution >= 0.6 is 0 Å². The zero-order valence-corrected chi connectivity index (χ0v) is 27.1. The van der Waals surface area contributed by atoms with Gasteiger partial charge in [0.2, 0.25) is 0 Å². The molecule has 0 amide bonds. The number of piperidine rings is 2. The Labute approximate surface area is 249 Å². The van der Waals surface area contributed by atoms with Gasteiger partial charge in [-0.05, 0) is 112 Å². The Bertz CT molecular complexity index is 1000. The van der Waals surface area contributed by atoms with Crippen LogP contribution in [0.4, 0.5) is 0 Å². The van der Waals surface area contributed by atoms with E-state index in [4.69, 9.17) is 9.47 Å². The van der Waals surface area contributed by atoms with Gasteiger partial charge in [-0.1, -0.05) is 27.2 Å². The van der Waals surface area contributed by atoms with Gasteiger partial charge in [-0.25, -0.2) is 0 Å². The minimum atomic E-state index is -0.113. The fourth-order valence-electron chi connectivity index (χ4n) is 12.1. The first-order valence-electron chi connectivity index (χ1n) is 17.3. The SMILES string of the molecule is CC(=O)O[C@H]1C[C@@H]2CC[C@@H]3[C@H](CC[C@]4(C)[C@@H](OC(C)=O)[C@@H]([N+]5(C)CCCCC5)C[C@@]34C)[C@@]2(C)C[C@@H]1N1CCCCC1. The minimum Gasteiger partial charge on any atom is -0.461 e. The van der Waals surface area contributed by atoms with Crippen LogP contribution in [0.3, 0.4) is 0 Å². The molecule has 2 saturated heterocycles. The molecule has 0 radical (unpaired) electrons. The molecule has 0 aromatic carbocycles. The summed E-state index contributed by atoms with van der Waals surface area (Å²) in [5, 5.41) is 0. The highest BCUT2D eigenvalue weighted by atomic mass is 16.5.